The first-order chi connectivity index (χ1) is 4.84. The maximum absolute atomic E-state index is 8.70. The third-order valence-electron chi connectivity index (χ3n) is 1.72. The van der Waals surface area contributed by atoms with Crippen molar-refractivity contribution in [3.63, 3.8) is 0 Å². The molecule has 10 heavy (non-hydrogen) atoms. The van der Waals surface area contributed by atoms with Crippen LogP contribution in [0.25, 0.3) is 0 Å². The molecule has 1 aliphatic rings. The second kappa shape index (κ2) is 3.54. The lowest BCUT2D eigenvalue weighted by atomic mass is 9.99. The summed E-state index contributed by atoms with van der Waals surface area (Å²) < 4.78 is 0. The van der Waals surface area contributed by atoms with Crippen LogP contribution in [0, 0.1) is 0 Å². The fourth-order valence-corrected chi connectivity index (χ4v) is 1.05. The summed E-state index contributed by atoms with van der Waals surface area (Å²) in [5.74, 6) is 0. The molecule has 2 nitrogen and oxygen atoms in total. The van der Waals surface area contributed by atoms with Gasteiger partial charge in [-0.2, -0.15) is 0 Å². The molecule has 0 fully saturated rings. The van der Waals surface area contributed by atoms with Crippen LogP contribution in [0.5, 0.6) is 0 Å². The molecule has 56 valence electrons. The zero-order chi connectivity index (χ0) is 7.40. The lowest BCUT2D eigenvalue weighted by Gasteiger charge is -2.13. The fraction of sp³-hybridized carbons (Fsp3) is 0.500. The van der Waals surface area contributed by atoms with E-state index in [1.54, 1.807) is 0 Å². The average molecular weight is 139 g/mol. The van der Waals surface area contributed by atoms with E-state index in [4.69, 9.17) is 10.8 Å². The Labute approximate surface area is 61.0 Å². The zero-order valence-corrected chi connectivity index (χ0v) is 5.96. The van der Waals surface area contributed by atoms with Gasteiger partial charge >= 0.3 is 0 Å². The topological polar surface area (TPSA) is 46.2 Å². The van der Waals surface area contributed by atoms with Crippen molar-refractivity contribution in [2.24, 2.45) is 5.73 Å². The molecular formula is C8H13NO. The van der Waals surface area contributed by atoms with Crippen molar-refractivity contribution >= 4 is 0 Å². The lowest BCUT2D eigenvalue weighted by molar-refractivity contribution is 0.277. The summed E-state index contributed by atoms with van der Waals surface area (Å²) in [5, 5.41) is 8.70. The summed E-state index contributed by atoms with van der Waals surface area (Å²) >= 11 is 0. The molecule has 1 aliphatic carbocycles. The summed E-state index contributed by atoms with van der Waals surface area (Å²) in [6.45, 7) is 0.0552. The van der Waals surface area contributed by atoms with Gasteiger partial charge in [-0.05, 0) is 12.8 Å². The normalized spacial score (nSPS) is 20.4. The molecule has 0 bridgehead atoms. The van der Waals surface area contributed by atoms with E-state index in [1.807, 2.05) is 12.2 Å². The van der Waals surface area contributed by atoms with E-state index < -0.39 is 0 Å². The first kappa shape index (κ1) is 7.51. The van der Waals surface area contributed by atoms with Gasteiger partial charge in [-0.1, -0.05) is 23.8 Å². The van der Waals surface area contributed by atoms with Gasteiger partial charge < -0.3 is 10.8 Å². The van der Waals surface area contributed by atoms with Crippen molar-refractivity contribution in [1.82, 2.24) is 0 Å². The lowest BCUT2D eigenvalue weighted by Crippen LogP contribution is -2.27. The minimum absolute atomic E-state index is 0.0552. The third kappa shape index (κ3) is 1.69. The summed E-state index contributed by atoms with van der Waals surface area (Å²) in [5.41, 5.74) is 6.75. The summed E-state index contributed by atoms with van der Waals surface area (Å²) in [4.78, 5) is 0. The SMILES string of the molecule is NC(CO)C1=CC=CCC1. The van der Waals surface area contributed by atoms with Crippen LogP contribution in [0.4, 0.5) is 0 Å². The molecule has 3 N–H and O–H groups in total. The highest BCUT2D eigenvalue weighted by Gasteiger charge is 2.07. The molecule has 0 saturated heterocycles. The van der Waals surface area contributed by atoms with Crippen LogP contribution in [-0.4, -0.2) is 17.8 Å². The molecule has 0 aromatic heterocycles. The Morgan fingerprint density at radius 3 is 3.00 bits per heavy atom. The highest BCUT2D eigenvalue weighted by molar-refractivity contribution is 5.21. The highest BCUT2D eigenvalue weighted by Crippen LogP contribution is 2.13. The molecule has 1 rings (SSSR count). The maximum atomic E-state index is 8.70. The van der Waals surface area contributed by atoms with Gasteiger partial charge in [-0.15, -0.1) is 0 Å². The summed E-state index contributed by atoms with van der Waals surface area (Å²) in [6.07, 6.45) is 8.14. The van der Waals surface area contributed by atoms with Crippen molar-refractivity contribution in [2.75, 3.05) is 6.61 Å². The van der Waals surface area contributed by atoms with Crippen LogP contribution in [0.15, 0.2) is 23.8 Å². The van der Waals surface area contributed by atoms with Crippen LogP contribution in [0.2, 0.25) is 0 Å². The molecule has 1 atom stereocenters. The Kier molecular flexibility index (Phi) is 2.66. The van der Waals surface area contributed by atoms with Gasteiger partial charge in [-0.25, -0.2) is 0 Å². The Morgan fingerprint density at radius 1 is 1.70 bits per heavy atom. The van der Waals surface area contributed by atoms with E-state index in [0.717, 1.165) is 18.4 Å². The standard InChI is InChI=1S/C8H13NO/c9-8(6-10)7-4-2-1-3-5-7/h1-2,4,8,10H,3,5-6,9H2. The fourth-order valence-electron chi connectivity index (χ4n) is 1.05. The molecule has 0 spiro atoms. The van der Waals surface area contributed by atoms with E-state index in [-0.39, 0.29) is 12.6 Å². The number of aliphatic hydroxyl groups is 1. The Bertz CT molecular complexity index is 161. The molecule has 0 aliphatic heterocycles. The maximum Gasteiger partial charge on any atom is 0.0621 e. The number of hydrogen-bond acceptors (Lipinski definition) is 2. The average Bonchev–Trinajstić information content (AvgIpc) is 2.05. The van der Waals surface area contributed by atoms with Crippen LogP contribution < -0.4 is 5.73 Å². The van der Waals surface area contributed by atoms with Crippen molar-refractivity contribution in [1.29, 1.82) is 0 Å². The molecule has 0 saturated carbocycles. The van der Waals surface area contributed by atoms with Crippen LogP contribution >= 0.6 is 0 Å². The molecule has 0 aromatic carbocycles. The molecule has 0 heterocycles. The third-order valence-corrected chi connectivity index (χ3v) is 1.72. The predicted molar refractivity (Wildman–Crippen MR) is 41.5 cm³/mol. The Morgan fingerprint density at radius 2 is 2.50 bits per heavy atom. The van der Waals surface area contributed by atoms with Gasteiger partial charge in [0.1, 0.15) is 0 Å². The van der Waals surface area contributed by atoms with E-state index >= 15 is 0 Å². The minimum Gasteiger partial charge on any atom is -0.394 e. The molecule has 1 unspecified atom stereocenters. The van der Waals surface area contributed by atoms with Gasteiger partial charge in [0, 0.05) is 6.04 Å². The number of hydrogen-bond donors (Lipinski definition) is 2. The van der Waals surface area contributed by atoms with E-state index in [9.17, 15) is 0 Å². The second-order valence-corrected chi connectivity index (χ2v) is 2.50. The second-order valence-electron chi connectivity index (χ2n) is 2.50. The highest BCUT2D eigenvalue weighted by atomic mass is 16.3. The number of nitrogens with two attached hydrogens (primary N) is 1. The number of rotatable bonds is 2. The van der Waals surface area contributed by atoms with Crippen molar-refractivity contribution in [3.8, 4) is 0 Å². The largest absolute Gasteiger partial charge is 0.394 e. The summed E-state index contributed by atoms with van der Waals surface area (Å²) in [7, 11) is 0. The minimum atomic E-state index is -0.148. The molecule has 0 radical (unpaired) electrons. The first-order valence-electron chi connectivity index (χ1n) is 3.56. The predicted octanol–water partition coefficient (Wildman–Crippen LogP) is 0.582. The van der Waals surface area contributed by atoms with Gasteiger partial charge in [0.15, 0.2) is 0 Å². The van der Waals surface area contributed by atoms with Gasteiger partial charge in [-0.3, -0.25) is 0 Å². The van der Waals surface area contributed by atoms with E-state index in [2.05, 4.69) is 6.08 Å². The smallest absolute Gasteiger partial charge is 0.0621 e. The van der Waals surface area contributed by atoms with Crippen LogP contribution in [-0.2, 0) is 0 Å². The van der Waals surface area contributed by atoms with Crippen LogP contribution in [0.1, 0.15) is 12.8 Å². The zero-order valence-electron chi connectivity index (χ0n) is 5.96. The molecule has 0 aromatic rings. The Balaban J connectivity index is 2.53. The molecule has 2 heteroatoms. The monoisotopic (exact) mass is 139 g/mol. The quantitative estimate of drug-likeness (QED) is 0.588. The first-order valence-corrected chi connectivity index (χ1v) is 3.56. The number of aliphatic hydroxyl groups excluding tert-OH is 1. The van der Waals surface area contributed by atoms with E-state index in [0.29, 0.717) is 0 Å². The van der Waals surface area contributed by atoms with Gasteiger partial charge in [0.2, 0.25) is 0 Å². The number of allylic oxidation sites excluding steroid dienone is 3. The molecular weight excluding hydrogens is 126 g/mol. The molecule has 0 amide bonds. The van der Waals surface area contributed by atoms with Gasteiger partial charge in [0.25, 0.3) is 0 Å². The van der Waals surface area contributed by atoms with Crippen molar-refractivity contribution in [2.45, 2.75) is 18.9 Å². The van der Waals surface area contributed by atoms with E-state index in [1.165, 1.54) is 0 Å². The Hall–Kier alpha value is -0.600. The van der Waals surface area contributed by atoms with Crippen LogP contribution in [0.3, 0.4) is 0 Å². The summed E-state index contributed by atoms with van der Waals surface area (Å²) in [6, 6.07) is -0.148. The van der Waals surface area contributed by atoms with Gasteiger partial charge in [0.05, 0.1) is 6.61 Å². The van der Waals surface area contributed by atoms with Crippen molar-refractivity contribution < 1.29 is 5.11 Å². The van der Waals surface area contributed by atoms with Crippen molar-refractivity contribution in [3.05, 3.63) is 23.8 Å².